The number of carbonyl (C=O) groups is 3. The summed E-state index contributed by atoms with van der Waals surface area (Å²) in [5, 5.41) is 15.0. The molecule has 0 aliphatic rings. The molecule has 0 unspecified atom stereocenters. The number of esters is 1. The number of hydrogen-bond acceptors (Lipinski definition) is 11. The molecular weight excluding hydrogens is 468 g/mol. The molecule has 2 aromatic heterocycles. The predicted octanol–water partition coefficient (Wildman–Crippen LogP) is 1.50. The maximum atomic E-state index is 12.5. The van der Waals surface area contributed by atoms with Crippen molar-refractivity contribution >= 4 is 46.5 Å². The number of aromatic nitrogens is 4. The van der Waals surface area contributed by atoms with Gasteiger partial charge in [-0.3, -0.25) is 9.59 Å². The Hall–Kier alpha value is -4.55. The molecule has 0 aliphatic heterocycles. The molecule has 7 N–H and O–H groups in total. The molecule has 1 aromatic carbocycles. The second-order valence-electron chi connectivity index (χ2n) is 8.92. The van der Waals surface area contributed by atoms with Crippen LogP contribution in [0.2, 0.25) is 0 Å². The number of rotatable bonds is 9. The molecule has 0 aliphatic carbocycles. The number of carboxylic acids is 1. The maximum absolute atomic E-state index is 12.5. The molecule has 190 valence electrons. The lowest BCUT2D eigenvalue weighted by atomic mass is 10.1. The third-order valence-corrected chi connectivity index (χ3v) is 4.78. The van der Waals surface area contributed by atoms with Crippen LogP contribution in [0.1, 0.15) is 49.7 Å². The minimum absolute atomic E-state index is 0.0158. The van der Waals surface area contributed by atoms with E-state index in [0.29, 0.717) is 29.1 Å². The highest BCUT2D eigenvalue weighted by Gasteiger charge is 2.24. The summed E-state index contributed by atoms with van der Waals surface area (Å²) in [5.41, 5.74) is 12.9. The van der Waals surface area contributed by atoms with Gasteiger partial charge in [0.1, 0.15) is 11.6 Å². The normalized spacial score (nSPS) is 12.1. The number of nitrogens with zero attached hydrogens (tertiary/aromatic N) is 4. The van der Waals surface area contributed by atoms with E-state index in [0.717, 1.165) is 0 Å². The van der Waals surface area contributed by atoms with Gasteiger partial charge >= 0.3 is 11.9 Å². The summed E-state index contributed by atoms with van der Waals surface area (Å²) in [6.07, 6.45) is 1.30. The molecule has 0 radical (unpaired) electrons. The van der Waals surface area contributed by atoms with Gasteiger partial charge < -0.3 is 31.9 Å². The molecule has 13 heteroatoms. The summed E-state index contributed by atoms with van der Waals surface area (Å²) in [7, 11) is 0. The van der Waals surface area contributed by atoms with E-state index in [4.69, 9.17) is 16.2 Å². The minimum Gasteiger partial charge on any atom is -0.480 e. The molecule has 1 atom stereocenters. The fourth-order valence-electron chi connectivity index (χ4n) is 3.15. The van der Waals surface area contributed by atoms with Crippen molar-refractivity contribution in [1.29, 1.82) is 0 Å². The van der Waals surface area contributed by atoms with E-state index in [2.05, 4.69) is 30.6 Å². The summed E-state index contributed by atoms with van der Waals surface area (Å²) >= 11 is 0. The zero-order valence-corrected chi connectivity index (χ0v) is 20.1. The van der Waals surface area contributed by atoms with Crippen molar-refractivity contribution in [3.05, 3.63) is 41.7 Å². The highest BCUT2D eigenvalue weighted by atomic mass is 16.6. The summed E-state index contributed by atoms with van der Waals surface area (Å²) in [6, 6.07) is 5.19. The number of hydrogen-bond donors (Lipinski definition) is 5. The fraction of sp³-hybridized carbons (Fsp3) is 0.348. The number of benzene rings is 1. The average Bonchev–Trinajstić information content (AvgIpc) is 2.79. The van der Waals surface area contributed by atoms with Crippen molar-refractivity contribution in [2.24, 2.45) is 0 Å². The average molecular weight is 497 g/mol. The Balaban J connectivity index is 1.57. The van der Waals surface area contributed by atoms with Gasteiger partial charge in [-0.05, 0) is 51.5 Å². The first kappa shape index (κ1) is 26.1. The molecule has 1 amide bonds. The number of carbonyl (C=O) groups excluding carboxylic acids is 2. The number of nitrogen functional groups attached to an aromatic ring is 2. The molecular formula is C23H28N8O5. The van der Waals surface area contributed by atoms with E-state index in [9.17, 15) is 19.5 Å². The van der Waals surface area contributed by atoms with Gasteiger partial charge in [0, 0.05) is 17.7 Å². The molecule has 36 heavy (non-hydrogen) atoms. The highest BCUT2D eigenvalue weighted by Crippen LogP contribution is 2.16. The van der Waals surface area contributed by atoms with Gasteiger partial charge in [0.2, 0.25) is 5.95 Å². The number of nitrogens with one attached hydrogen (secondary N) is 2. The number of amides is 1. The van der Waals surface area contributed by atoms with Crippen LogP contribution >= 0.6 is 0 Å². The summed E-state index contributed by atoms with van der Waals surface area (Å²) in [5.74, 6) is -2.20. The lowest BCUT2D eigenvalue weighted by Crippen LogP contribution is -2.41. The Kier molecular flexibility index (Phi) is 7.82. The topological polar surface area (TPSA) is 208 Å². The Morgan fingerprint density at radius 2 is 1.78 bits per heavy atom. The van der Waals surface area contributed by atoms with Crippen LogP contribution < -0.4 is 22.1 Å². The number of aliphatic carboxylic acids is 1. The first-order valence-corrected chi connectivity index (χ1v) is 11.1. The number of nitrogens with two attached hydrogens (primary N) is 2. The van der Waals surface area contributed by atoms with Crippen molar-refractivity contribution in [2.75, 3.05) is 16.8 Å². The third kappa shape index (κ3) is 7.22. The molecule has 0 fully saturated rings. The van der Waals surface area contributed by atoms with Crippen LogP contribution in [0.5, 0.6) is 0 Å². The molecule has 13 nitrogen and oxygen atoms in total. The van der Waals surface area contributed by atoms with Gasteiger partial charge in [-0.2, -0.15) is 9.97 Å². The lowest BCUT2D eigenvalue weighted by Gasteiger charge is -2.20. The van der Waals surface area contributed by atoms with Crippen LogP contribution in [0.3, 0.4) is 0 Å². The van der Waals surface area contributed by atoms with Crippen molar-refractivity contribution < 1.29 is 24.2 Å². The van der Waals surface area contributed by atoms with E-state index in [1.807, 2.05) is 0 Å². The molecule has 0 saturated carbocycles. The van der Waals surface area contributed by atoms with Crippen molar-refractivity contribution in [2.45, 2.75) is 51.8 Å². The molecule has 3 aromatic rings. The zero-order valence-electron chi connectivity index (χ0n) is 20.1. The SMILES string of the molecule is CC(C)(C)OC(=O)CC[C@H](NC(=O)c1ccc(NCc2cnc3nc(N)nc(N)c3n2)cc1)C(=O)O. The van der Waals surface area contributed by atoms with E-state index < -0.39 is 29.5 Å². The molecule has 0 saturated heterocycles. The highest BCUT2D eigenvalue weighted by molar-refractivity contribution is 5.97. The standard InChI is InChI=1S/C23H28N8O5/c1-23(2,3)36-16(32)9-8-15(21(34)35)29-20(33)12-4-6-13(7-5-12)26-10-14-11-27-19-17(28-14)18(24)30-22(25)31-19/h4-7,11,15,26H,8-10H2,1-3H3,(H,29,33)(H,34,35)(H4,24,25,27,30,31)/t15-/m0/s1. The third-order valence-electron chi connectivity index (χ3n) is 4.78. The van der Waals surface area contributed by atoms with Gasteiger partial charge in [-0.1, -0.05) is 0 Å². The summed E-state index contributed by atoms with van der Waals surface area (Å²) in [4.78, 5) is 52.4. The van der Waals surface area contributed by atoms with Gasteiger partial charge in [-0.25, -0.2) is 14.8 Å². The first-order chi connectivity index (χ1) is 16.9. The predicted molar refractivity (Wildman–Crippen MR) is 132 cm³/mol. The Bertz CT molecular complexity index is 1270. The minimum atomic E-state index is -1.24. The van der Waals surface area contributed by atoms with E-state index >= 15 is 0 Å². The van der Waals surface area contributed by atoms with E-state index in [1.165, 1.54) is 6.20 Å². The second-order valence-corrected chi connectivity index (χ2v) is 8.92. The smallest absolute Gasteiger partial charge is 0.326 e. The number of fused-ring (bicyclic) bond motifs is 1. The van der Waals surface area contributed by atoms with Gasteiger partial charge in [0.05, 0.1) is 18.4 Å². The van der Waals surface area contributed by atoms with Crippen LogP contribution in [-0.4, -0.2) is 54.5 Å². The van der Waals surface area contributed by atoms with Gasteiger partial charge in [0.15, 0.2) is 17.0 Å². The van der Waals surface area contributed by atoms with Crippen molar-refractivity contribution in [3.63, 3.8) is 0 Å². The molecule has 3 rings (SSSR count). The van der Waals surface area contributed by atoms with Crippen LogP contribution in [0.15, 0.2) is 30.5 Å². The summed E-state index contributed by atoms with van der Waals surface area (Å²) < 4.78 is 5.18. The van der Waals surface area contributed by atoms with Gasteiger partial charge in [0.25, 0.3) is 5.91 Å². The van der Waals surface area contributed by atoms with Crippen LogP contribution in [-0.2, 0) is 20.9 Å². The van der Waals surface area contributed by atoms with Crippen LogP contribution in [0.25, 0.3) is 11.2 Å². The lowest BCUT2D eigenvalue weighted by molar-refractivity contribution is -0.155. The Morgan fingerprint density at radius 3 is 2.42 bits per heavy atom. The maximum Gasteiger partial charge on any atom is 0.326 e. The van der Waals surface area contributed by atoms with E-state index in [-0.39, 0.29) is 30.2 Å². The first-order valence-electron chi connectivity index (χ1n) is 11.1. The number of ether oxygens (including phenoxy) is 1. The fourth-order valence-corrected chi connectivity index (χ4v) is 3.15. The van der Waals surface area contributed by atoms with Gasteiger partial charge in [-0.15, -0.1) is 0 Å². The summed E-state index contributed by atoms with van der Waals surface area (Å²) in [6.45, 7) is 5.47. The second kappa shape index (κ2) is 10.8. The number of carboxylic acid groups (broad SMARTS) is 1. The van der Waals surface area contributed by atoms with Crippen LogP contribution in [0.4, 0.5) is 17.5 Å². The largest absolute Gasteiger partial charge is 0.480 e. The van der Waals surface area contributed by atoms with Crippen molar-refractivity contribution in [1.82, 2.24) is 25.3 Å². The molecule has 0 spiro atoms. The zero-order chi connectivity index (χ0) is 26.5. The van der Waals surface area contributed by atoms with Crippen molar-refractivity contribution in [3.8, 4) is 0 Å². The quantitative estimate of drug-likeness (QED) is 0.267. The monoisotopic (exact) mass is 496 g/mol. The van der Waals surface area contributed by atoms with E-state index in [1.54, 1.807) is 45.0 Å². The molecule has 2 heterocycles. The Labute approximate surface area is 206 Å². The number of anilines is 3. The Morgan fingerprint density at radius 1 is 1.08 bits per heavy atom. The van der Waals surface area contributed by atoms with Crippen LogP contribution in [0, 0.1) is 0 Å². The molecule has 0 bridgehead atoms.